The van der Waals surface area contributed by atoms with Crippen LogP contribution < -0.4 is 4.74 Å². The van der Waals surface area contributed by atoms with Gasteiger partial charge in [0.25, 0.3) is 5.69 Å². The van der Waals surface area contributed by atoms with Gasteiger partial charge in [-0.25, -0.2) is 4.79 Å². The smallest absolute Gasteiger partial charge is 0.328 e. The minimum absolute atomic E-state index is 0.0320. The highest BCUT2D eigenvalue weighted by Gasteiger charge is 2.04. The van der Waals surface area contributed by atoms with E-state index in [1.807, 2.05) is 0 Å². The maximum atomic E-state index is 10.6. The van der Waals surface area contributed by atoms with Crippen LogP contribution in [0.5, 0.6) is 5.75 Å². The Morgan fingerprint density at radius 1 is 1.23 bits per heavy atom. The van der Waals surface area contributed by atoms with E-state index < -0.39 is 10.9 Å². The molecule has 112 valence electrons. The van der Waals surface area contributed by atoms with Gasteiger partial charge in [0.15, 0.2) is 0 Å². The van der Waals surface area contributed by atoms with E-state index in [-0.39, 0.29) is 12.3 Å². The summed E-state index contributed by atoms with van der Waals surface area (Å²) in [6.45, 7) is 0.268. The number of nitro benzene ring substituents is 1. The average molecular weight is 299 g/mol. The van der Waals surface area contributed by atoms with Crippen molar-refractivity contribution in [3.8, 4) is 5.75 Å². The van der Waals surface area contributed by atoms with Gasteiger partial charge in [0.05, 0.1) is 4.92 Å². The van der Waals surface area contributed by atoms with Crippen LogP contribution in [0.4, 0.5) is 5.69 Å². The van der Waals surface area contributed by atoms with Crippen molar-refractivity contribution in [1.29, 1.82) is 0 Å². The molecular formula is C16H13NO5. The van der Waals surface area contributed by atoms with Gasteiger partial charge in [-0.05, 0) is 41.5 Å². The molecular weight excluding hydrogens is 286 g/mol. The van der Waals surface area contributed by atoms with Crippen LogP contribution in [0.1, 0.15) is 11.1 Å². The second-order valence-corrected chi connectivity index (χ2v) is 4.46. The number of nitro groups is 1. The second-order valence-electron chi connectivity index (χ2n) is 4.46. The lowest BCUT2D eigenvalue weighted by Gasteiger charge is -2.07. The van der Waals surface area contributed by atoms with Crippen molar-refractivity contribution in [3.05, 3.63) is 75.8 Å². The molecule has 2 aromatic rings. The molecule has 2 rings (SSSR count). The Morgan fingerprint density at radius 3 is 2.59 bits per heavy atom. The quantitative estimate of drug-likeness (QED) is 0.502. The van der Waals surface area contributed by atoms with Crippen molar-refractivity contribution in [3.63, 3.8) is 0 Å². The number of hydrogen-bond donors (Lipinski definition) is 1. The topological polar surface area (TPSA) is 89.7 Å². The van der Waals surface area contributed by atoms with Crippen LogP contribution in [0, 0.1) is 10.1 Å². The highest BCUT2D eigenvalue weighted by Crippen LogP contribution is 2.17. The highest BCUT2D eigenvalue weighted by atomic mass is 16.6. The van der Waals surface area contributed by atoms with Crippen molar-refractivity contribution in [1.82, 2.24) is 0 Å². The van der Waals surface area contributed by atoms with Gasteiger partial charge in [0.1, 0.15) is 12.4 Å². The standard InChI is InChI=1S/C16H13NO5/c18-16(19)9-6-12-2-1-3-15(10-12)22-11-13-4-7-14(8-5-13)17(20)21/h1-10H,11H2,(H,18,19). The maximum absolute atomic E-state index is 10.6. The summed E-state index contributed by atoms with van der Waals surface area (Å²) in [5.41, 5.74) is 1.55. The first-order valence-corrected chi connectivity index (χ1v) is 6.42. The van der Waals surface area contributed by atoms with Crippen LogP contribution in [0.25, 0.3) is 6.08 Å². The highest BCUT2D eigenvalue weighted by molar-refractivity contribution is 5.85. The summed E-state index contributed by atoms with van der Waals surface area (Å²) >= 11 is 0. The van der Waals surface area contributed by atoms with Gasteiger partial charge in [-0.1, -0.05) is 12.1 Å². The Bertz CT molecular complexity index is 707. The number of rotatable bonds is 6. The molecule has 6 nitrogen and oxygen atoms in total. The summed E-state index contributed by atoms with van der Waals surface area (Å²) in [5, 5.41) is 19.2. The van der Waals surface area contributed by atoms with Crippen molar-refractivity contribution >= 4 is 17.7 Å². The maximum Gasteiger partial charge on any atom is 0.328 e. The molecule has 22 heavy (non-hydrogen) atoms. The molecule has 0 saturated heterocycles. The van der Waals surface area contributed by atoms with Crippen LogP contribution in [-0.4, -0.2) is 16.0 Å². The van der Waals surface area contributed by atoms with Gasteiger partial charge in [-0.15, -0.1) is 0 Å². The molecule has 0 atom stereocenters. The molecule has 2 aromatic carbocycles. The number of aliphatic carboxylic acids is 1. The summed E-state index contributed by atoms with van der Waals surface area (Å²) < 4.78 is 5.59. The van der Waals surface area contributed by atoms with E-state index in [0.29, 0.717) is 11.3 Å². The Labute approximate surface area is 126 Å². The van der Waals surface area contributed by atoms with Gasteiger partial charge >= 0.3 is 5.97 Å². The molecule has 0 amide bonds. The van der Waals surface area contributed by atoms with E-state index >= 15 is 0 Å². The van der Waals surface area contributed by atoms with Gasteiger partial charge in [0.2, 0.25) is 0 Å². The fraction of sp³-hybridized carbons (Fsp3) is 0.0625. The number of ether oxygens (including phenoxy) is 1. The molecule has 0 spiro atoms. The van der Waals surface area contributed by atoms with Crippen molar-refractivity contribution in [2.24, 2.45) is 0 Å². The second kappa shape index (κ2) is 7.03. The zero-order valence-corrected chi connectivity index (χ0v) is 11.5. The Hall–Kier alpha value is -3.15. The Balaban J connectivity index is 2.00. The Kier molecular flexibility index (Phi) is 4.87. The van der Waals surface area contributed by atoms with Crippen molar-refractivity contribution in [2.75, 3.05) is 0 Å². The third-order valence-corrected chi connectivity index (χ3v) is 2.83. The fourth-order valence-electron chi connectivity index (χ4n) is 1.76. The first kappa shape index (κ1) is 15.2. The minimum atomic E-state index is -1.02. The molecule has 0 unspecified atom stereocenters. The first-order valence-electron chi connectivity index (χ1n) is 6.42. The lowest BCUT2D eigenvalue weighted by Crippen LogP contribution is -1.96. The number of nitrogens with zero attached hydrogens (tertiary/aromatic N) is 1. The largest absolute Gasteiger partial charge is 0.489 e. The van der Waals surface area contributed by atoms with Crippen molar-refractivity contribution < 1.29 is 19.6 Å². The summed E-state index contributed by atoms with van der Waals surface area (Å²) in [5.74, 6) is -0.428. The normalized spacial score (nSPS) is 10.5. The number of hydrogen-bond acceptors (Lipinski definition) is 4. The van der Waals surface area contributed by atoms with Crippen LogP contribution in [0.3, 0.4) is 0 Å². The van der Waals surface area contributed by atoms with Gasteiger partial charge in [-0.3, -0.25) is 10.1 Å². The predicted molar refractivity (Wildman–Crippen MR) is 80.5 cm³/mol. The lowest BCUT2D eigenvalue weighted by atomic mass is 10.2. The van der Waals surface area contributed by atoms with Gasteiger partial charge in [-0.2, -0.15) is 0 Å². The van der Waals surface area contributed by atoms with Crippen LogP contribution in [0.2, 0.25) is 0 Å². The zero-order chi connectivity index (χ0) is 15.9. The molecule has 0 heterocycles. The third kappa shape index (κ3) is 4.45. The van der Waals surface area contributed by atoms with E-state index in [4.69, 9.17) is 9.84 Å². The third-order valence-electron chi connectivity index (χ3n) is 2.83. The monoisotopic (exact) mass is 299 g/mol. The summed E-state index contributed by atoms with van der Waals surface area (Å²) in [7, 11) is 0. The molecule has 0 fully saturated rings. The molecule has 0 radical (unpaired) electrons. The van der Waals surface area contributed by atoms with E-state index in [1.54, 1.807) is 36.4 Å². The SMILES string of the molecule is O=C(O)C=Cc1cccc(OCc2ccc([N+](=O)[O-])cc2)c1. The van der Waals surface area contributed by atoms with Gasteiger partial charge < -0.3 is 9.84 Å². The van der Waals surface area contributed by atoms with Crippen LogP contribution in [0.15, 0.2) is 54.6 Å². The van der Waals surface area contributed by atoms with E-state index in [2.05, 4.69) is 0 Å². The first-order chi connectivity index (χ1) is 10.5. The number of benzene rings is 2. The molecule has 0 aliphatic rings. The Morgan fingerprint density at radius 2 is 1.95 bits per heavy atom. The van der Waals surface area contributed by atoms with Gasteiger partial charge in [0, 0.05) is 18.2 Å². The minimum Gasteiger partial charge on any atom is -0.489 e. The molecule has 0 aliphatic carbocycles. The number of carboxylic acids is 1. The summed E-state index contributed by atoms with van der Waals surface area (Å²) in [4.78, 5) is 20.6. The lowest BCUT2D eigenvalue weighted by molar-refractivity contribution is -0.384. The molecule has 0 bridgehead atoms. The molecule has 6 heteroatoms. The molecule has 1 N–H and O–H groups in total. The van der Waals surface area contributed by atoms with Crippen LogP contribution >= 0.6 is 0 Å². The number of non-ortho nitro benzene ring substituents is 1. The van der Waals surface area contributed by atoms with E-state index in [1.165, 1.54) is 18.2 Å². The number of carboxylic acid groups (broad SMARTS) is 1. The number of carbonyl (C=O) groups is 1. The average Bonchev–Trinajstić information content (AvgIpc) is 2.52. The fourth-order valence-corrected chi connectivity index (χ4v) is 1.76. The van der Waals surface area contributed by atoms with E-state index in [0.717, 1.165) is 11.6 Å². The molecule has 0 saturated carbocycles. The zero-order valence-electron chi connectivity index (χ0n) is 11.5. The molecule has 0 aliphatic heterocycles. The van der Waals surface area contributed by atoms with Crippen LogP contribution in [-0.2, 0) is 11.4 Å². The van der Waals surface area contributed by atoms with Crippen molar-refractivity contribution in [2.45, 2.75) is 6.61 Å². The molecule has 0 aromatic heterocycles. The van der Waals surface area contributed by atoms with E-state index in [9.17, 15) is 14.9 Å². The predicted octanol–water partition coefficient (Wildman–Crippen LogP) is 3.27. The summed E-state index contributed by atoms with van der Waals surface area (Å²) in [6, 6.07) is 13.1. The summed E-state index contributed by atoms with van der Waals surface area (Å²) in [6.07, 6.45) is 2.52.